The highest BCUT2D eigenvalue weighted by Gasteiger charge is 2.19. The summed E-state index contributed by atoms with van der Waals surface area (Å²) in [6.45, 7) is 3.06. The van der Waals surface area contributed by atoms with Gasteiger partial charge >= 0.3 is 5.97 Å². The minimum Gasteiger partial charge on any atom is -0.493 e. The first-order valence-corrected chi connectivity index (χ1v) is 6.07. The van der Waals surface area contributed by atoms with Gasteiger partial charge in [0.1, 0.15) is 0 Å². The molecule has 0 unspecified atom stereocenters. The maximum Gasteiger partial charge on any atom is 0.319 e. The smallest absolute Gasteiger partial charge is 0.319 e. The number of ether oxygens (including phenoxy) is 4. The summed E-state index contributed by atoms with van der Waals surface area (Å²) in [5.41, 5.74) is 0.949. The van der Waals surface area contributed by atoms with E-state index in [1.807, 2.05) is 12.1 Å². The predicted octanol–water partition coefficient (Wildman–Crippen LogP) is 1.08. The largest absolute Gasteiger partial charge is 0.493 e. The fourth-order valence-electron chi connectivity index (χ4n) is 1.81. The van der Waals surface area contributed by atoms with E-state index in [0.29, 0.717) is 30.4 Å². The van der Waals surface area contributed by atoms with Gasteiger partial charge in [0.05, 0.1) is 20.3 Å². The molecule has 0 aliphatic carbocycles. The average molecular weight is 267 g/mol. The van der Waals surface area contributed by atoms with Crippen molar-refractivity contribution >= 4 is 5.97 Å². The minimum atomic E-state index is -0.268. The van der Waals surface area contributed by atoms with Crippen molar-refractivity contribution in [1.29, 1.82) is 0 Å². The molecule has 6 nitrogen and oxygen atoms in total. The second-order valence-electron chi connectivity index (χ2n) is 3.94. The second kappa shape index (κ2) is 6.29. The number of nitrogens with one attached hydrogen (secondary N) is 1. The molecule has 0 amide bonds. The molecule has 0 spiro atoms. The summed E-state index contributed by atoms with van der Waals surface area (Å²) in [6.07, 6.45) is 0. The molecule has 1 aliphatic rings. The highest BCUT2D eigenvalue weighted by molar-refractivity contribution is 5.71. The monoisotopic (exact) mass is 267 g/mol. The number of benzene rings is 1. The molecule has 1 heterocycles. The van der Waals surface area contributed by atoms with E-state index in [0.717, 1.165) is 5.56 Å². The van der Waals surface area contributed by atoms with Crippen LogP contribution in [0.3, 0.4) is 0 Å². The van der Waals surface area contributed by atoms with Gasteiger partial charge in [-0.3, -0.25) is 4.79 Å². The van der Waals surface area contributed by atoms with Gasteiger partial charge in [-0.1, -0.05) is 0 Å². The van der Waals surface area contributed by atoms with Crippen molar-refractivity contribution in [2.75, 3.05) is 27.1 Å². The molecule has 0 atom stereocenters. The van der Waals surface area contributed by atoms with E-state index in [1.54, 1.807) is 14.0 Å². The fourth-order valence-corrected chi connectivity index (χ4v) is 1.81. The molecular formula is C13H17NO5. The topological polar surface area (TPSA) is 66.0 Å². The van der Waals surface area contributed by atoms with Crippen LogP contribution in [-0.2, 0) is 16.1 Å². The van der Waals surface area contributed by atoms with Crippen LogP contribution in [-0.4, -0.2) is 33.0 Å². The summed E-state index contributed by atoms with van der Waals surface area (Å²) in [6, 6.07) is 3.72. The first-order valence-electron chi connectivity index (χ1n) is 6.07. The third-order valence-electron chi connectivity index (χ3n) is 2.62. The van der Waals surface area contributed by atoms with Crippen LogP contribution in [0.1, 0.15) is 12.5 Å². The lowest BCUT2D eigenvalue weighted by Gasteiger charge is -2.09. The SMILES string of the molecule is CCOC(=O)CNCc1cc(OC)c2c(c1)OCO2. The third-order valence-corrected chi connectivity index (χ3v) is 2.62. The molecule has 0 bridgehead atoms. The zero-order valence-electron chi connectivity index (χ0n) is 11.0. The molecule has 0 fully saturated rings. The highest BCUT2D eigenvalue weighted by Crippen LogP contribution is 2.41. The quantitative estimate of drug-likeness (QED) is 0.778. The van der Waals surface area contributed by atoms with E-state index in [-0.39, 0.29) is 19.3 Å². The van der Waals surface area contributed by atoms with Gasteiger partial charge < -0.3 is 24.3 Å². The Morgan fingerprint density at radius 1 is 1.42 bits per heavy atom. The van der Waals surface area contributed by atoms with Crippen LogP contribution in [0.15, 0.2) is 12.1 Å². The van der Waals surface area contributed by atoms with Gasteiger partial charge in [0.2, 0.25) is 12.5 Å². The molecule has 104 valence electrons. The molecule has 1 N–H and O–H groups in total. The molecule has 0 radical (unpaired) electrons. The van der Waals surface area contributed by atoms with E-state index >= 15 is 0 Å². The number of carbonyl (C=O) groups excluding carboxylic acids is 1. The average Bonchev–Trinajstić information content (AvgIpc) is 2.86. The van der Waals surface area contributed by atoms with Crippen LogP contribution in [0, 0.1) is 0 Å². The Balaban J connectivity index is 1.96. The van der Waals surface area contributed by atoms with Crippen LogP contribution in [0.5, 0.6) is 17.2 Å². The van der Waals surface area contributed by atoms with Gasteiger partial charge in [-0.25, -0.2) is 0 Å². The Morgan fingerprint density at radius 3 is 3.00 bits per heavy atom. The van der Waals surface area contributed by atoms with Gasteiger partial charge in [0.15, 0.2) is 11.5 Å². The Labute approximate surface area is 111 Å². The van der Waals surface area contributed by atoms with Crippen molar-refractivity contribution < 1.29 is 23.7 Å². The van der Waals surface area contributed by atoms with Gasteiger partial charge in [-0.15, -0.1) is 0 Å². The van der Waals surface area contributed by atoms with Gasteiger partial charge in [0.25, 0.3) is 0 Å². The van der Waals surface area contributed by atoms with Gasteiger partial charge in [-0.2, -0.15) is 0 Å². The van der Waals surface area contributed by atoms with Crippen LogP contribution in [0.25, 0.3) is 0 Å². The van der Waals surface area contributed by atoms with E-state index in [2.05, 4.69) is 5.32 Å². The number of fused-ring (bicyclic) bond motifs is 1. The van der Waals surface area contributed by atoms with Crippen LogP contribution in [0.4, 0.5) is 0 Å². The first kappa shape index (κ1) is 13.5. The van der Waals surface area contributed by atoms with E-state index in [9.17, 15) is 4.79 Å². The van der Waals surface area contributed by atoms with E-state index < -0.39 is 0 Å². The van der Waals surface area contributed by atoms with Crippen LogP contribution >= 0.6 is 0 Å². The lowest BCUT2D eigenvalue weighted by atomic mass is 10.2. The zero-order valence-corrected chi connectivity index (χ0v) is 11.0. The summed E-state index contributed by atoms with van der Waals surface area (Å²) in [5, 5.41) is 3.00. The van der Waals surface area contributed by atoms with Crippen molar-refractivity contribution in [1.82, 2.24) is 5.32 Å². The van der Waals surface area contributed by atoms with Crippen molar-refractivity contribution in [3.63, 3.8) is 0 Å². The van der Waals surface area contributed by atoms with Crippen LogP contribution < -0.4 is 19.5 Å². The summed E-state index contributed by atoms with van der Waals surface area (Å²) in [4.78, 5) is 11.2. The van der Waals surface area contributed by atoms with Crippen molar-refractivity contribution in [3.05, 3.63) is 17.7 Å². The molecule has 0 saturated heterocycles. The number of rotatable bonds is 6. The number of hydrogen-bond acceptors (Lipinski definition) is 6. The molecule has 6 heteroatoms. The fraction of sp³-hybridized carbons (Fsp3) is 0.462. The predicted molar refractivity (Wildman–Crippen MR) is 67.5 cm³/mol. The highest BCUT2D eigenvalue weighted by atomic mass is 16.7. The Hall–Kier alpha value is -1.95. The molecular weight excluding hydrogens is 250 g/mol. The van der Waals surface area contributed by atoms with E-state index in [4.69, 9.17) is 18.9 Å². The van der Waals surface area contributed by atoms with Crippen molar-refractivity contribution in [3.8, 4) is 17.2 Å². The summed E-state index contributed by atoms with van der Waals surface area (Å²) < 4.78 is 20.7. The Morgan fingerprint density at radius 2 is 2.26 bits per heavy atom. The van der Waals surface area contributed by atoms with Crippen molar-refractivity contribution in [2.45, 2.75) is 13.5 Å². The molecule has 19 heavy (non-hydrogen) atoms. The molecule has 1 aromatic carbocycles. The third kappa shape index (κ3) is 3.29. The molecule has 2 rings (SSSR count). The summed E-state index contributed by atoms with van der Waals surface area (Å²) in [7, 11) is 1.58. The summed E-state index contributed by atoms with van der Waals surface area (Å²) in [5.74, 6) is 1.64. The Bertz CT molecular complexity index is 461. The number of hydrogen-bond donors (Lipinski definition) is 1. The normalized spacial score (nSPS) is 12.3. The van der Waals surface area contributed by atoms with E-state index in [1.165, 1.54) is 0 Å². The van der Waals surface area contributed by atoms with Crippen molar-refractivity contribution in [2.24, 2.45) is 0 Å². The van der Waals surface area contributed by atoms with Gasteiger partial charge in [-0.05, 0) is 24.6 Å². The maximum atomic E-state index is 11.2. The lowest BCUT2D eigenvalue weighted by molar-refractivity contribution is -0.142. The molecule has 1 aromatic rings. The second-order valence-corrected chi connectivity index (χ2v) is 3.94. The molecule has 0 aromatic heterocycles. The zero-order chi connectivity index (χ0) is 13.7. The Kier molecular flexibility index (Phi) is 4.46. The molecule has 0 saturated carbocycles. The number of esters is 1. The maximum absolute atomic E-state index is 11.2. The lowest BCUT2D eigenvalue weighted by Crippen LogP contribution is -2.24. The number of carbonyl (C=O) groups is 1. The molecule has 1 aliphatic heterocycles. The van der Waals surface area contributed by atoms with Gasteiger partial charge in [0, 0.05) is 6.54 Å². The summed E-state index contributed by atoms with van der Waals surface area (Å²) >= 11 is 0. The number of methoxy groups -OCH3 is 1. The first-order chi connectivity index (χ1) is 9.24. The minimum absolute atomic E-state index is 0.171. The van der Waals surface area contributed by atoms with Crippen LogP contribution in [0.2, 0.25) is 0 Å². The standard InChI is InChI=1S/C13H17NO5/c1-3-17-12(15)7-14-6-9-4-10(16-2)13-11(5-9)18-8-19-13/h4-5,14H,3,6-8H2,1-2H3.